The number of aryl methyl sites for hydroxylation is 1. The summed E-state index contributed by atoms with van der Waals surface area (Å²) in [4.78, 5) is 11.8. The summed E-state index contributed by atoms with van der Waals surface area (Å²) < 4.78 is 1.89. The van der Waals surface area contributed by atoms with Crippen molar-refractivity contribution in [3.63, 3.8) is 0 Å². The molecule has 0 spiro atoms. The summed E-state index contributed by atoms with van der Waals surface area (Å²) in [5.41, 5.74) is 2.87. The quantitative estimate of drug-likeness (QED) is 0.860. The highest BCUT2D eigenvalue weighted by Gasteiger charge is 2.10. The van der Waals surface area contributed by atoms with Gasteiger partial charge in [-0.3, -0.25) is 4.79 Å². The predicted octanol–water partition coefficient (Wildman–Crippen LogP) is 2.54. The van der Waals surface area contributed by atoms with Gasteiger partial charge >= 0.3 is 0 Å². The molecule has 3 heteroatoms. The SMILES string of the molecule is CCNC(=O)c1cccn1-c1ccc(C)cc1. The second-order valence-electron chi connectivity index (χ2n) is 3.96. The third-order valence-corrected chi connectivity index (χ3v) is 2.63. The minimum absolute atomic E-state index is 0.0434. The first-order chi connectivity index (χ1) is 8.22. The molecule has 0 aliphatic carbocycles. The van der Waals surface area contributed by atoms with Crippen LogP contribution in [-0.4, -0.2) is 17.0 Å². The van der Waals surface area contributed by atoms with E-state index in [0.717, 1.165) is 5.69 Å². The van der Waals surface area contributed by atoms with Crippen molar-refractivity contribution in [3.8, 4) is 5.69 Å². The van der Waals surface area contributed by atoms with Gasteiger partial charge in [-0.2, -0.15) is 0 Å². The zero-order chi connectivity index (χ0) is 12.3. The van der Waals surface area contributed by atoms with Crippen LogP contribution in [-0.2, 0) is 0 Å². The van der Waals surface area contributed by atoms with Crippen LogP contribution < -0.4 is 5.32 Å². The first kappa shape index (κ1) is 11.5. The molecule has 1 aromatic heterocycles. The van der Waals surface area contributed by atoms with E-state index in [4.69, 9.17) is 0 Å². The second kappa shape index (κ2) is 4.87. The van der Waals surface area contributed by atoms with Crippen LogP contribution in [0.15, 0.2) is 42.6 Å². The van der Waals surface area contributed by atoms with E-state index < -0.39 is 0 Å². The van der Waals surface area contributed by atoms with E-state index >= 15 is 0 Å². The maximum atomic E-state index is 11.8. The van der Waals surface area contributed by atoms with Gasteiger partial charge in [0.25, 0.3) is 5.91 Å². The largest absolute Gasteiger partial charge is 0.351 e. The summed E-state index contributed by atoms with van der Waals surface area (Å²) in [7, 11) is 0. The number of hydrogen-bond donors (Lipinski definition) is 1. The predicted molar refractivity (Wildman–Crippen MR) is 68.5 cm³/mol. The molecule has 1 amide bonds. The van der Waals surface area contributed by atoms with Crippen molar-refractivity contribution in [3.05, 3.63) is 53.9 Å². The van der Waals surface area contributed by atoms with Crippen LogP contribution in [0.1, 0.15) is 23.0 Å². The van der Waals surface area contributed by atoms with Gasteiger partial charge in [-0.15, -0.1) is 0 Å². The highest BCUT2D eigenvalue weighted by molar-refractivity contribution is 5.93. The molecule has 0 bridgehead atoms. The number of nitrogens with zero attached hydrogens (tertiary/aromatic N) is 1. The average Bonchev–Trinajstić information content (AvgIpc) is 2.79. The Morgan fingerprint density at radius 1 is 1.24 bits per heavy atom. The highest BCUT2D eigenvalue weighted by Crippen LogP contribution is 2.13. The topological polar surface area (TPSA) is 34.0 Å². The fraction of sp³-hybridized carbons (Fsp3) is 0.214. The third-order valence-electron chi connectivity index (χ3n) is 2.63. The molecule has 0 aliphatic heterocycles. The molecule has 0 saturated heterocycles. The molecule has 0 aliphatic rings. The number of aromatic nitrogens is 1. The van der Waals surface area contributed by atoms with Crippen LogP contribution in [0.2, 0.25) is 0 Å². The number of carbonyl (C=O) groups excluding carboxylic acids is 1. The molecule has 0 saturated carbocycles. The Balaban J connectivity index is 2.36. The van der Waals surface area contributed by atoms with Gasteiger partial charge in [0, 0.05) is 18.4 Å². The fourth-order valence-corrected chi connectivity index (χ4v) is 1.75. The molecule has 1 heterocycles. The van der Waals surface area contributed by atoms with Gasteiger partial charge in [0.2, 0.25) is 0 Å². The van der Waals surface area contributed by atoms with Gasteiger partial charge in [-0.05, 0) is 38.1 Å². The fourth-order valence-electron chi connectivity index (χ4n) is 1.75. The third kappa shape index (κ3) is 2.38. The summed E-state index contributed by atoms with van der Waals surface area (Å²) in [6.07, 6.45) is 1.90. The van der Waals surface area contributed by atoms with Gasteiger partial charge in [-0.1, -0.05) is 17.7 Å². The molecular weight excluding hydrogens is 212 g/mol. The average molecular weight is 228 g/mol. The Kier molecular flexibility index (Phi) is 3.28. The van der Waals surface area contributed by atoms with Crippen LogP contribution in [0.5, 0.6) is 0 Å². The lowest BCUT2D eigenvalue weighted by Crippen LogP contribution is -2.24. The van der Waals surface area contributed by atoms with E-state index in [0.29, 0.717) is 12.2 Å². The van der Waals surface area contributed by atoms with Crippen LogP contribution in [0, 0.1) is 6.92 Å². The summed E-state index contributed by atoms with van der Waals surface area (Å²) in [6, 6.07) is 11.8. The molecule has 0 unspecified atom stereocenters. The van der Waals surface area contributed by atoms with Crippen LogP contribution in [0.3, 0.4) is 0 Å². The summed E-state index contributed by atoms with van der Waals surface area (Å²) in [5.74, 6) is -0.0434. The lowest BCUT2D eigenvalue weighted by molar-refractivity contribution is 0.0949. The number of rotatable bonds is 3. The Labute approximate surface area is 101 Å². The van der Waals surface area contributed by atoms with Crippen molar-refractivity contribution < 1.29 is 4.79 Å². The minimum Gasteiger partial charge on any atom is -0.351 e. The van der Waals surface area contributed by atoms with E-state index in [1.165, 1.54) is 5.56 Å². The Morgan fingerprint density at radius 2 is 1.94 bits per heavy atom. The van der Waals surface area contributed by atoms with Gasteiger partial charge in [0.1, 0.15) is 5.69 Å². The smallest absolute Gasteiger partial charge is 0.268 e. The summed E-state index contributed by atoms with van der Waals surface area (Å²) >= 11 is 0. The monoisotopic (exact) mass is 228 g/mol. The van der Waals surface area contributed by atoms with Crippen LogP contribution in [0.4, 0.5) is 0 Å². The van der Waals surface area contributed by atoms with E-state index in [1.807, 2.05) is 61.0 Å². The lowest BCUT2D eigenvalue weighted by Gasteiger charge is -2.09. The molecule has 17 heavy (non-hydrogen) atoms. The van der Waals surface area contributed by atoms with E-state index in [9.17, 15) is 4.79 Å². The molecule has 88 valence electrons. The maximum absolute atomic E-state index is 11.8. The highest BCUT2D eigenvalue weighted by atomic mass is 16.1. The molecule has 2 rings (SSSR count). The zero-order valence-electron chi connectivity index (χ0n) is 10.1. The van der Waals surface area contributed by atoms with E-state index in [-0.39, 0.29) is 5.91 Å². The van der Waals surface area contributed by atoms with Crippen molar-refractivity contribution >= 4 is 5.91 Å². The summed E-state index contributed by atoms with van der Waals surface area (Å²) in [6.45, 7) is 4.60. The normalized spacial score (nSPS) is 10.2. The number of benzene rings is 1. The molecule has 1 aromatic carbocycles. The number of hydrogen-bond acceptors (Lipinski definition) is 1. The van der Waals surface area contributed by atoms with Crippen molar-refractivity contribution in [2.45, 2.75) is 13.8 Å². The Bertz CT molecular complexity index is 511. The van der Waals surface area contributed by atoms with Crippen molar-refractivity contribution in [1.29, 1.82) is 0 Å². The minimum atomic E-state index is -0.0434. The molecular formula is C14H16N2O. The molecule has 3 nitrogen and oxygen atoms in total. The van der Waals surface area contributed by atoms with Crippen molar-refractivity contribution in [2.75, 3.05) is 6.54 Å². The van der Waals surface area contributed by atoms with Gasteiger partial charge < -0.3 is 9.88 Å². The summed E-state index contributed by atoms with van der Waals surface area (Å²) in [5, 5.41) is 2.81. The Hall–Kier alpha value is -2.03. The molecule has 2 aromatic rings. The van der Waals surface area contributed by atoms with Crippen molar-refractivity contribution in [1.82, 2.24) is 9.88 Å². The maximum Gasteiger partial charge on any atom is 0.268 e. The number of nitrogens with one attached hydrogen (secondary N) is 1. The van der Waals surface area contributed by atoms with Crippen molar-refractivity contribution in [2.24, 2.45) is 0 Å². The molecule has 1 N–H and O–H groups in total. The zero-order valence-corrected chi connectivity index (χ0v) is 10.1. The number of amides is 1. The van der Waals surface area contributed by atoms with Crippen LogP contribution >= 0.6 is 0 Å². The number of carbonyl (C=O) groups is 1. The first-order valence-corrected chi connectivity index (χ1v) is 5.75. The lowest BCUT2D eigenvalue weighted by atomic mass is 10.2. The Morgan fingerprint density at radius 3 is 2.59 bits per heavy atom. The standard InChI is InChI=1S/C14H16N2O/c1-3-15-14(17)13-5-4-10-16(13)12-8-6-11(2)7-9-12/h4-10H,3H2,1-2H3,(H,15,17). The molecule has 0 fully saturated rings. The van der Waals surface area contributed by atoms with Gasteiger partial charge in [0.05, 0.1) is 0 Å². The van der Waals surface area contributed by atoms with Gasteiger partial charge in [-0.25, -0.2) is 0 Å². The van der Waals surface area contributed by atoms with E-state index in [1.54, 1.807) is 0 Å². The molecule has 0 atom stereocenters. The van der Waals surface area contributed by atoms with Crippen LogP contribution in [0.25, 0.3) is 5.69 Å². The first-order valence-electron chi connectivity index (χ1n) is 5.75. The van der Waals surface area contributed by atoms with E-state index in [2.05, 4.69) is 5.32 Å². The molecule has 0 radical (unpaired) electrons. The van der Waals surface area contributed by atoms with Gasteiger partial charge in [0.15, 0.2) is 0 Å². The second-order valence-corrected chi connectivity index (χ2v) is 3.96.